The Morgan fingerprint density at radius 1 is 1.08 bits per heavy atom. The minimum Gasteiger partial charge on any atom is -0.507 e. The molecule has 1 aromatic carbocycles. The minimum atomic E-state index is 0.129. The van der Waals surface area contributed by atoms with Crippen LogP contribution in [0.1, 0.15) is 76.7 Å². The minimum absolute atomic E-state index is 0.129. The molecule has 3 N–H and O–H groups in total. The molecule has 0 saturated carbocycles. The molecule has 0 unspecified atom stereocenters. The highest BCUT2D eigenvalue weighted by Crippen LogP contribution is 2.19. The smallest absolute Gasteiger partial charge is 0.186 e. The number of phenolic OH excluding ortho intramolecular Hbond substituents is 1. The number of hydrogen-bond donors (Lipinski definition) is 3. The molecule has 1 aromatic rings. The predicted octanol–water partition coefficient (Wildman–Crippen LogP) is 5.76. The topological polar surface area (TPSA) is 56.7 Å². The van der Waals surface area contributed by atoms with Gasteiger partial charge < -0.3 is 10.4 Å². The first-order valence-corrected chi connectivity index (χ1v) is 10.5. The third-order valence-electron chi connectivity index (χ3n) is 4.18. The first-order valence-electron chi connectivity index (χ1n) is 9.69. The molecule has 0 aliphatic rings. The fourth-order valence-corrected chi connectivity index (χ4v) is 2.98. The zero-order valence-electron chi connectivity index (χ0n) is 15.8. The molecule has 146 valence electrons. The van der Waals surface area contributed by atoms with Crippen molar-refractivity contribution < 1.29 is 5.11 Å². The fraction of sp³-hybridized carbons (Fsp3) is 0.600. The van der Waals surface area contributed by atoms with Crippen LogP contribution in [0.4, 0.5) is 0 Å². The predicted molar refractivity (Wildman–Crippen MR) is 116 cm³/mol. The monoisotopic (exact) mass is 397 g/mol. The van der Waals surface area contributed by atoms with Crippen LogP contribution in [0.25, 0.3) is 0 Å². The van der Waals surface area contributed by atoms with E-state index in [0.29, 0.717) is 15.7 Å². The van der Waals surface area contributed by atoms with Gasteiger partial charge in [-0.25, -0.2) is 0 Å². The van der Waals surface area contributed by atoms with Gasteiger partial charge in [0, 0.05) is 17.1 Å². The molecule has 0 saturated heterocycles. The average molecular weight is 398 g/mol. The van der Waals surface area contributed by atoms with Crippen LogP contribution in [0.15, 0.2) is 23.3 Å². The van der Waals surface area contributed by atoms with Gasteiger partial charge >= 0.3 is 0 Å². The van der Waals surface area contributed by atoms with Gasteiger partial charge in [0.05, 0.1) is 6.21 Å². The quantitative estimate of drug-likeness (QED) is 0.171. The second-order valence-electron chi connectivity index (χ2n) is 6.51. The Hall–Kier alpha value is -1.33. The lowest BCUT2D eigenvalue weighted by Crippen LogP contribution is -2.32. The highest BCUT2D eigenvalue weighted by atomic mass is 35.5. The lowest BCUT2D eigenvalue weighted by Gasteiger charge is -2.07. The van der Waals surface area contributed by atoms with Crippen molar-refractivity contribution in [1.82, 2.24) is 10.7 Å². The van der Waals surface area contributed by atoms with Crippen LogP contribution in [0.2, 0.25) is 5.02 Å². The molecule has 0 bridgehead atoms. The zero-order chi connectivity index (χ0) is 19.0. The van der Waals surface area contributed by atoms with Crippen LogP contribution in [0.3, 0.4) is 0 Å². The van der Waals surface area contributed by atoms with Crippen LogP contribution in [-0.2, 0) is 0 Å². The highest BCUT2D eigenvalue weighted by Gasteiger charge is 1.99. The van der Waals surface area contributed by atoms with Crippen LogP contribution in [0, 0.1) is 0 Å². The molecule has 1 rings (SSSR count). The van der Waals surface area contributed by atoms with Crippen LogP contribution in [0.5, 0.6) is 5.75 Å². The van der Waals surface area contributed by atoms with E-state index in [4.69, 9.17) is 23.8 Å². The Bertz CT molecular complexity index is 552. The molecule has 0 aliphatic carbocycles. The second kappa shape index (κ2) is 14.8. The normalized spacial score (nSPS) is 11.0. The number of hydrazone groups is 1. The Morgan fingerprint density at radius 3 is 2.35 bits per heavy atom. The molecule has 6 heteroatoms. The van der Waals surface area contributed by atoms with E-state index in [1.54, 1.807) is 12.1 Å². The third kappa shape index (κ3) is 11.3. The molecule has 4 nitrogen and oxygen atoms in total. The average Bonchev–Trinajstić information content (AvgIpc) is 2.62. The highest BCUT2D eigenvalue weighted by molar-refractivity contribution is 7.80. The molecule has 0 heterocycles. The van der Waals surface area contributed by atoms with E-state index in [1.165, 1.54) is 70.1 Å². The number of phenols is 1. The molecular formula is C20H32ClN3OS. The standard InChI is InChI=1S/C20H32ClN3OS/c1-2-3-4-5-6-7-8-9-10-11-14-22-20(26)24-23-16-17-15-18(21)12-13-19(17)25/h12-13,15-16,25H,2-11,14H2,1H3,(H2,22,24,26). The first kappa shape index (κ1) is 22.7. The van der Waals surface area contributed by atoms with Crippen molar-refractivity contribution in [3.8, 4) is 5.75 Å². The molecule has 0 aliphatic heterocycles. The number of unbranched alkanes of at least 4 members (excludes halogenated alkanes) is 9. The lowest BCUT2D eigenvalue weighted by molar-refractivity contribution is 0.474. The Balaban J connectivity index is 2.00. The van der Waals surface area contributed by atoms with Crippen LogP contribution < -0.4 is 10.7 Å². The Morgan fingerprint density at radius 2 is 1.69 bits per heavy atom. The summed E-state index contributed by atoms with van der Waals surface area (Å²) in [6, 6.07) is 4.80. The van der Waals surface area contributed by atoms with Crippen molar-refractivity contribution in [2.24, 2.45) is 5.10 Å². The summed E-state index contributed by atoms with van der Waals surface area (Å²) in [7, 11) is 0. The maximum absolute atomic E-state index is 9.69. The van der Waals surface area contributed by atoms with Crippen molar-refractivity contribution in [3.05, 3.63) is 28.8 Å². The lowest BCUT2D eigenvalue weighted by atomic mass is 10.1. The van der Waals surface area contributed by atoms with Gasteiger partial charge in [0.2, 0.25) is 0 Å². The van der Waals surface area contributed by atoms with Gasteiger partial charge in [-0.05, 0) is 36.8 Å². The summed E-state index contributed by atoms with van der Waals surface area (Å²) in [6.45, 7) is 3.10. The molecule has 0 fully saturated rings. The summed E-state index contributed by atoms with van der Waals surface area (Å²) < 4.78 is 0. The molecule has 26 heavy (non-hydrogen) atoms. The van der Waals surface area contributed by atoms with Crippen molar-refractivity contribution >= 4 is 35.1 Å². The number of rotatable bonds is 13. The maximum Gasteiger partial charge on any atom is 0.186 e. The molecular weight excluding hydrogens is 366 g/mol. The first-order chi connectivity index (χ1) is 12.6. The van der Waals surface area contributed by atoms with Gasteiger partial charge in [0.1, 0.15) is 5.75 Å². The summed E-state index contributed by atoms with van der Waals surface area (Å²) in [5.74, 6) is 0.129. The van der Waals surface area contributed by atoms with Crippen molar-refractivity contribution in [2.75, 3.05) is 6.54 Å². The molecule has 0 spiro atoms. The number of thiocarbonyl (C=S) groups is 1. The number of nitrogens with one attached hydrogen (secondary N) is 2. The Kier molecular flexibility index (Phi) is 12.9. The number of benzene rings is 1. The van der Waals surface area contributed by atoms with Gasteiger partial charge in [0.25, 0.3) is 0 Å². The summed E-state index contributed by atoms with van der Waals surface area (Å²) in [5.41, 5.74) is 3.29. The summed E-state index contributed by atoms with van der Waals surface area (Å²) >= 11 is 11.1. The molecule has 0 aromatic heterocycles. The third-order valence-corrected chi connectivity index (χ3v) is 4.65. The van der Waals surface area contributed by atoms with Crippen molar-refractivity contribution in [2.45, 2.75) is 71.1 Å². The number of nitrogens with zero attached hydrogens (tertiary/aromatic N) is 1. The van der Waals surface area contributed by atoms with E-state index in [0.717, 1.165) is 13.0 Å². The van der Waals surface area contributed by atoms with E-state index in [9.17, 15) is 5.11 Å². The number of aromatic hydroxyl groups is 1. The van der Waals surface area contributed by atoms with Crippen LogP contribution >= 0.6 is 23.8 Å². The largest absolute Gasteiger partial charge is 0.507 e. The summed E-state index contributed by atoms with van der Waals surface area (Å²) in [4.78, 5) is 0. The van der Waals surface area contributed by atoms with E-state index >= 15 is 0 Å². The number of hydrogen-bond acceptors (Lipinski definition) is 3. The van der Waals surface area contributed by atoms with Gasteiger partial charge in [-0.15, -0.1) is 0 Å². The van der Waals surface area contributed by atoms with E-state index in [1.807, 2.05) is 0 Å². The van der Waals surface area contributed by atoms with Gasteiger partial charge in [-0.1, -0.05) is 76.3 Å². The fourth-order valence-electron chi connectivity index (χ4n) is 2.64. The molecule has 0 amide bonds. The molecule has 0 atom stereocenters. The molecule has 0 radical (unpaired) electrons. The van der Waals surface area contributed by atoms with Crippen molar-refractivity contribution in [1.29, 1.82) is 0 Å². The SMILES string of the molecule is CCCCCCCCCCCCNC(=S)NN=Cc1cc(Cl)ccc1O. The Labute approximate surface area is 168 Å². The van der Waals surface area contributed by atoms with Gasteiger partial charge in [-0.3, -0.25) is 5.43 Å². The summed E-state index contributed by atoms with van der Waals surface area (Å²) in [5, 5.41) is 17.9. The summed E-state index contributed by atoms with van der Waals surface area (Å²) in [6.07, 6.45) is 14.7. The van der Waals surface area contributed by atoms with E-state index in [-0.39, 0.29) is 5.75 Å². The van der Waals surface area contributed by atoms with Gasteiger partial charge in [-0.2, -0.15) is 5.10 Å². The van der Waals surface area contributed by atoms with E-state index < -0.39 is 0 Å². The van der Waals surface area contributed by atoms with Crippen molar-refractivity contribution in [3.63, 3.8) is 0 Å². The zero-order valence-corrected chi connectivity index (χ0v) is 17.3. The van der Waals surface area contributed by atoms with E-state index in [2.05, 4.69) is 22.8 Å². The van der Waals surface area contributed by atoms with Gasteiger partial charge in [0.15, 0.2) is 5.11 Å². The van der Waals surface area contributed by atoms with Crippen LogP contribution in [-0.4, -0.2) is 23.0 Å². The maximum atomic E-state index is 9.69. The second-order valence-corrected chi connectivity index (χ2v) is 7.36. The number of halogens is 1.